The fraction of sp³-hybridized carbons (Fsp3) is 0.412. The summed E-state index contributed by atoms with van der Waals surface area (Å²) in [4.78, 5) is 0. The van der Waals surface area contributed by atoms with E-state index in [1.807, 2.05) is 0 Å². The number of halogens is 1. The maximum Gasteiger partial charge on any atom is 0.108 e. The normalized spacial score (nSPS) is 12.6. The summed E-state index contributed by atoms with van der Waals surface area (Å²) in [5.74, 6) is 1.09. The van der Waals surface area contributed by atoms with Crippen molar-refractivity contribution in [1.29, 1.82) is 0 Å². The molecule has 1 unspecified atom stereocenters. The van der Waals surface area contributed by atoms with Crippen molar-refractivity contribution in [2.45, 2.75) is 39.2 Å². The van der Waals surface area contributed by atoms with E-state index >= 15 is 0 Å². The molecule has 2 rings (SSSR count). The molecule has 0 aliphatic heterocycles. The van der Waals surface area contributed by atoms with Gasteiger partial charge in [-0.3, -0.25) is 0 Å². The quantitative estimate of drug-likeness (QED) is 0.779. The van der Waals surface area contributed by atoms with Crippen molar-refractivity contribution in [3.63, 3.8) is 0 Å². The highest BCUT2D eigenvalue weighted by atomic mass is 79.9. The molecule has 3 heteroatoms. The minimum Gasteiger partial charge on any atom is -0.469 e. The van der Waals surface area contributed by atoms with E-state index in [-0.39, 0.29) is 0 Å². The Morgan fingerprint density at radius 1 is 1.15 bits per heavy atom. The number of benzene rings is 1. The van der Waals surface area contributed by atoms with Crippen LogP contribution < -0.4 is 5.32 Å². The predicted molar refractivity (Wildman–Crippen MR) is 87.0 cm³/mol. The second-order valence-electron chi connectivity index (χ2n) is 4.99. The van der Waals surface area contributed by atoms with E-state index in [9.17, 15) is 0 Å². The third-order valence-corrected chi connectivity index (χ3v) is 4.00. The lowest BCUT2D eigenvalue weighted by molar-refractivity contribution is 0.481. The Kier molecular flexibility index (Phi) is 5.86. The lowest BCUT2D eigenvalue weighted by atomic mass is 9.98. The first-order valence-electron chi connectivity index (χ1n) is 7.28. The van der Waals surface area contributed by atoms with Gasteiger partial charge >= 0.3 is 0 Å². The molecular formula is C17H22BrNO. The van der Waals surface area contributed by atoms with Crippen molar-refractivity contribution < 1.29 is 4.42 Å². The van der Waals surface area contributed by atoms with E-state index in [0.717, 1.165) is 36.0 Å². The maximum atomic E-state index is 5.58. The van der Waals surface area contributed by atoms with Crippen LogP contribution in [0.1, 0.15) is 43.2 Å². The van der Waals surface area contributed by atoms with Gasteiger partial charge in [0.2, 0.25) is 0 Å². The van der Waals surface area contributed by atoms with E-state index in [4.69, 9.17) is 4.42 Å². The first-order chi connectivity index (χ1) is 9.74. The second-order valence-corrected chi connectivity index (χ2v) is 5.91. The molecule has 1 N–H and O–H groups in total. The third kappa shape index (κ3) is 3.97. The highest BCUT2D eigenvalue weighted by Gasteiger charge is 2.17. The van der Waals surface area contributed by atoms with Crippen molar-refractivity contribution in [3.05, 3.63) is 58.0 Å². The van der Waals surface area contributed by atoms with Crippen LogP contribution in [-0.2, 0) is 12.8 Å². The Morgan fingerprint density at radius 3 is 2.55 bits per heavy atom. The summed E-state index contributed by atoms with van der Waals surface area (Å²) >= 11 is 3.48. The largest absolute Gasteiger partial charge is 0.469 e. The second kappa shape index (κ2) is 7.65. The van der Waals surface area contributed by atoms with Gasteiger partial charge in [-0.25, -0.2) is 0 Å². The molecule has 1 aromatic heterocycles. The molecule has 0 amide bonds. The van der Waals surface area contributed by atoms with Crippen LogP contribution in [0.3, 0.4) is 0 Å². The van der Waals surface area contributed by atoms with E-state index < -0.39 is 0 Å². The van der Waals surface area contributed by atoms with E-state index in [2.05, 4.69) is 65.4 Å². The van der Waals surface area contributed by atoms with Gasteiger partial charge in [-0.05, 0) is 43.1 Å². The molecule has 2 nitrogen and oxygen atoms in total. The van der Waals surface area contributed by atoms with Crippen LogP contribution in [-0.4, -0.2) is 6.54 Å². The zero-order valence-electron chi connectivity index (χ0n) is 12.2. The molecule has 0 saturated carbocycles. The average molecular weight is 336 g/mol. The van der Waals surface area contributed by atoms with Gasteiger partial charge in [0.15, 0.2) is 0 Å². The van der Waals surface area contributed by atoms with Crippen LogP contribution in [0.15, 0.2) is 45.5 Å². The van der Waals surface area contributed by atoms with E-state index in [0.29, 0.717) is 6.04 Å². The van der Waals surface area contributed by atoms with E-state index in [1.165, 1.54) is 11.1 Å². The highest BCUT2D eigenvalue weighted by Crippen LogP contribution is 2.24. The summed E-state index contributed by atoms with van der Waals surface area (Å²) in [5.41, 5.74) is 2.63. The Bertz CT molecular complexity index is 518. The minimum atomic E-state index is 0.324. The molecule has 0 aliphatic carbocycles. The number of furan rings is 1. The first-order valence-corrected chi connectivity index (χ1v) is 8.08. The summed E-state index contributed by atoms with van der Waals surface area (Å²) in [6, 6.07) is 11.0. The molecule has 1 aromatic carbocycles. The number of nitrogens with one attached hydrogen (secondary N) is 1. The molecule has 0 bridgehead atoms. The standard InChI is InChI=1S/C17H22BrNO/c1-3-10-19-16(15-9-11-20-17(15)4-2)12-13-5-7-14(18)8-6-13/h5-9,11,16,19H,3-4,10,12H2,1-2H3. The summed E-state index contributed by atoms with van der Waals surface area (Å²) in [6.45, 7) is 5.36. The SMILES string of the molecule is CCCNC(Cc1ccc(Br)cc1)c1ccoc1CC. The molecule has 108 valence electrons. The zero-order chi connectivity index (χ0) is 14.4. The summed E-state index contributed by atoms with van der Waals surface area (Å²) in [5, 5.41) is 3.64. The van der Waals surface area contributed by atoms with Crippen molar-refractivity contribution in [1.82, 2.24) is 5.32 Å². The average Bonchev–Trinajstić information content (AvgIpc) is 2.94. The lowest BCUT2D eigenvalue weighted by Crippen LogP contribution is -2.24. The number of hydrogen-bond donors (Lipinski definition) is 1. The van der Waals surface area contributed by atoms with E-state index in [1.54, 1.807) is 6.26 Å². The van der Waals surface area contributed by atoms with Gasteiger partial charge in [0.1, 0.15) is 5.76 Å². The fourth-order valence-corrected chi connectivity index (χ4v) is 2.68. The monoisotopic (exact) mass is 335 g/mol. The van der Waals surface area contributed by atoms with Crippen molar-refractivity contribution in [2.75, 3.05) is 6.54 Å². The molecule has 0 fully saturated rings. The van der Waals surface area contributed by atoms with Gasteiger partial charge in [0.05, 0.1) is 6.26 Å². The van der Waals surface area contributed by atoms with Gasteiger partial charge in [0.25, 0.3) is 0 Å². The molecule has 0 spiro atoms. The molecule has 0 radical (unpaired) electrons. The topological polar surface area (TPSA) is 25.2 Å². The van der Waals surface area contributed by atoms with Crippen LogP contribution in [0, 0.1) is 0 Å². The number of rotatable bonds is 7. The van der Waals surface area contributed by atoms with Crippen molar-refractivity contribution >= 4 is 15.9 Å². The Hall–Kier alpha value is -1.06. The van der Waals surface area contributed by atoms with Crippen LogP contribution in [0.25, 0.3) is 0 Å². The Morgan fingerprint density at radius 2 is 1.90 bits per heavy atom. The van der Waals surface area contributed by atoms with Crippen LogP contribution in [0.2, 0.25) is 0 Å². The van der Waals surface area contributed by atoms with Crippen molar-refractivity contribution in [3.8, 4) is 0 Å². The van der Waals surface area contributed by atoms with Gasteiger partial charge in [0, 0.05) is 22.5 Å². The summed E-state index contributed by atoms with van der Waals surface area (Å²) in [6.07, 6.45) is 4.86. The van der Waals surface area contributed by atoms with Gasteiger partial charge in [-0.2, -0.15) is 0 Å². The summed E-state index contributed by atoms with van der Waals surface area (Å²) < 4.78 is 6.71. The maximum absolute atomic E-state index is 5.58. The molecule has 2 aromatic rings. The molecule has 20 heavy (non-hydrogen) atoms. The van der Waals surface area contributed by atoms with Crippen molar-refractivity contribution in [2.24, 2.45) is 0 Å². The Labute approximate surface area is 129 Å². The smallest absolute Gasteiger partial charge is 0.108 e. The number of hydrogen-bond acceptors (Lipinski definition) is 2. The minimum absolute atomic E-state index is 0.324. The van der Waals surface area contributed by atoms with Crippen LogP contribution >= 0.6 is 15.9 Å². The lowest BCUT2D eigenvalue weighted by Gasteiger charge is -2.19. The highest BCUT2D eigenvalue weighted by molar-refractivity contribution is 9.10. The predicted octanol–water partition coefficient (Wildman–Crippen LogP) is 4.89. The van der Waals surface area contributed by atoms with Crippen LogP contribution in [0.4, 0.5) is 0 Å². The fourth-order valence-electron chi connectivity index (χ4n) is 2.42. The van der Waals surface area contributed by atoms with Gasteiger partial charge in [-0.15, -0.1) is 0 Å². The first kappa shape index (κ1) is 15.3. The summed E-state index contributed by atoms with van der Waals surface area (Å²) in [7, 11) is 0. The molecular weight excluding hydrogens is 314 g/mol. The molecule has 0 aliphatic rings. The third-order valence-electron chi connectivity index (χ3n) is 3.47. The van der Waals surface area contributed by atoms with Gasteiger partial charge < -0.3 is 9.73 Å². The molecule has 1 heterocycles. The van der Waals surface area contributed by atoms with Gasteiger partial charge in [-0.1, -0.05) is 41.9 Å². The molecule has 0 saturated heterocycles. The van der Waals surface area contributed by atoms with Crippen LogP contribution in [0.5, 0.6) is 0 Å². The molecule has 1 atom stereocenters. The zero-order valence-corrected chi connectivity index (χ0v) is 13.7. The number of aryl methyl sites for hydroxylation is 1. The Balaban J connectivity index is 2.17.